The summed E-state index contributed by atoms with van der Waals surface area (Å²) in [5.41, 5.74) is 0.944. The summed E-state index contributed by atoms with van der Waals surface area (Å²) in [6, 6.07) is 8.91. The van der Waals surface area contributed by atoms with Crippen molar-refractivity contribution in [2.45, 2.75) is 36.3 Å². The Morgan fingerprint density at radius 3 is 2.72 bits per heavy atom. The summed E-state index contributed by atoms with van der Waals surface area (Å²) in [6.07, 6.45) is -1.34. The first-order valence-electron chi connectivity index (χ1n) is 7.70. The number of fused-ring (bicyclic) bond motifs is 1. The van der Waals surface area contributed by atoms with Crippen LogP contribution >= 0.6 is 0 Å². The van der Waals surface area contributed by atoms with Crippen LogP contribution in [0.4, 0.5) is 14.6 Å². The van der Waals surface area contributed by atoms with Gasteiger partial charge in [0.2, 0.25) is 5.88 Å². The van der Waals surface area contributed by atoms with E-state index in [0.29, 0.717) is 12.4 Å². The van der Waals surface area contributed by atoms with Gasteiger partial charge in [0.1, 0.15) is 6.10 Å². The van der Waals surface area contributed by atoms with Gasteiger partial charge in [0.05, 0.1) is 18.6 Å². The van der Waals surface area contributed by atoms with Crippen molar-refractivity contribution < 1.29 is 22.5 Å². The van der Waals surface area contributed by atoms with Crippen LogP contribution in [0.2, 0.25) is 0 Å². The molecule has 0 bridgehead atoms. The quantitative estimate of drug-likeness (QED) is 0.831. The number of ether oxygens (including phenoxy) is 2. The summed E-state index contributed by atoms with van der Waals surface area (Å²) < 4.78 is 50.8. The van der Waals surface area contributed by atoms with Gasteiger partial charge < -0.3 is 9.47 Å². The second-order valence-corrected chi connectivity index (χ2v) is 7.33. The van der Waals surface area contributed by atoms with Gasteiger partial charge in [-0.15, -0.1) is 0 Å². The number of hydrogen-bond donors (Lipinski definition) is 0. The molecule has 2 aliphatic rings. The molecule has 4 rings (SSSR count). The van der Waals surface area contributed by atoms with E-state index in [0.717, 1.165) is 10.5 Å². The minimum Gasteiger partial charge on any atom is -0.481 e. The maximum Gasteiger partial charge on any atom is 0.322 e. The molecule has 0 saturated heterocycles. The van der Waals surface area contributed by atoms with Crippen LogP contribution < -0.4 is 13.8 Å². The highest BCUT2D eigenvalue weighted by molar-refractivity contribution is 7.86. The zero-order chi connectivity index (χ0) is 17.6. The average molecular weight is 367 g/mol. The van der Waals surface area contributed by atoms with Crippen LogP contribution in [0.15, 0.2) is 35.2 Å². The predicted molar refractivity (Wildman–Crippen MR) is 86.2 cm³/mol. The van der Waals surface area contributed by atoms with Crippen molar-refractivity contribution in [3.8, 4) is 11.9 Å². The predicted octanol–water partition coefficient (Wildman–Crippen LogP) is 2.70. The van der Waals surface area contributed by atoms with Crippen LogP contribution in [-0.2, 0) is 17.5 Å². The van der Waals surface area contributed by atoms with Crippen molar-refractivity contribution in [2.24, 2.45) is 0 Å². The monoisotopic (exact) mass is 367 g/mol. The Bertz CT molecular complexity index is 841. The van der Waals surface area contributed by atoms with Crippen molar-refractivity contribution in [3.63, 3.8) is 0 Å². The van der Waals surface area contributed by atoms with E-state index in [9.17, 15) is 13.0 Å². The SMILES string of the molecule is COc1cc(N2Cc3ccccc3S2=O)nc(OC2CC(F)(F)C2)n1. The van der Waals surface area contributed by atoms with Crippen LogP contribution in [0.5, 0.6) is 11.9 Å². The molecule has 1 aliphatic heterocycles. The second-order valence-electron chi connectivity index (χ2n) is 5.95. The van der Waals surface area contributed by atoms with Gasteiger partial charge in [0.25, 0.3) is 5.92 Å². The van der Waals surface area contributed by atoms with E-state index in [1.54, 1.807) is 16.4 Å². The van der Waals surface area contributed by atoms with Gasteiger partial charge in [-0.3, -0.25) is 4.31 Å². The topological polar surface area (TPSA) is 64.5 Å². The fraction of sp³-hybridized carbons (Fsp3) is 0.375. The Morgan fingerprint density at radius 2 is 2.04 bits per heavy atom. The number of benzene rings is 1. The Kier molecular flexibility index (Phi) is 3.82. The molecule has 0 spiro atoms. The first-order chi connectivity index (χ1) is 11.9. The van der Waals surface area contributed by atoms with Crippen LogP contribution in [0.25, 0.3) is 0 Å². The molecular formula is C16H15F2N3O3S. The van der Waals surface area contributed by atoms with Gasteiger partial charge in [-0.2, -0.15) is 9.97 Å². The maximum atomic E-state index is 13.0. The Balaban J connectivity index is 1.60. The second kappa shape index (κ2) is 5.91. The van der Waals surface area contributed by atoms with E-state index >= 15 is 0 Å². The Hall–Kier alpha value is -2.29. The number of rotatable bonds is 4. The Morgan fingerprint density at radius 1 is 1.28 bits per heavy atom. The summed E-state index contributed by atoms with van der Waals surface area (Å²) >= 11 is 0. The largest absolute Gasteiger partial charge is 0.481 e. The molecule has 1 atom stereocenters. The third-order valence-corrected chi connectivity index (χ3v) is 5.62. The lowest BCUT2D eigenvalue weighted by Crippen LogP contribution is -2.43. The lowest BCUT2D eigenvalue weighted by Gasteiger charge is -2.34. The molecule has 1 unspecified atom stereocenters. The molecule has 6 nitrogen and oxygen atoms in total. The molecule has 1 aromatic carbocycles. The molecule has 1 aliphatic carbocycles. The smallest absolute Gasteiger partial charge is 0.322 e. The van der Waals surface area contributed by atoms with E-state index in [1.807, 2.05) is 18.2 Å². The van der Waals surface area contributed by atoms with E-state index in [1.165, 1.54) is 7.11 Å². The van der Waals surface area contributed by atoms with E-state index in [4.69, 9.17) is 9.47 Å². The summed E-state index contributed by atoms with van der Waals surface area (Å²) in [5, 5.41) is 0. The molecule has 1 aromatic heterocycles. The van der Waals surface area contributed by atoms with Crippen LogP contribution in [0.1, 0.15) is 18.4 Å². The van der Waals surface area contributed by atoms with Crippen molar-refractivity contribution in [1.82, 2.24) is 9.97 Å². The van der Waals surface area contributed by atoms with Crippen molar-refractivity contribution in [1.29, 1.82) is 0 Å². The van der Waals surface area contributed by atoms with Crippen molar-refractivity contribution >= 4 is 16.8 Å². The molecule has 2 heterocycles. The number of hydrogen-bond acceptors (Lipinski definition) is 5. The molecule has 2 aromatic rings. The average Bonchev–Trinajstić information content (AvgIpc) is 2.90. The summed E-state index contributed by atoms with van der Waals surface area (Å²) in [5.74, 6) is -2.11. The highest BCUT2D eigenvalue weighted by Crippen LogP contribution is 2.40. The number of nitrogens with zero attached hydrogens (tertiary/aromatic N) is 3. The minimum absolute atomic E-state index is 0.0530. The molecule has 0 N–H and O–H groups in total. The zero-order valence-corrected chi connectivity index (χ0v) is 14.1. The summed E-state index contributed by atoms with van der Waals surface area (Å²) in [4.78, 5) is 9.01. The van der Waals surface area contributed by atoms with Crippen molar-refractivity contribution in [3.05, 3.63) is 35.9 Å². The highest BCUT2D eigenvalue weighted by atomic mass is 32.2. The minimum atomic E-state index is -2.69. The van der Waals surface area contributed by atoms with Crippen molar-refractivity contribution in [2.75, 3.05) is 11.4 Å². The molecule has 0 amide bonds. The third kappa shape index (κ3) is 3.04. The number of anilines is 1. The fourth-order valence-electron chi connectivity index (χ4n) is 2.82. The molecule has 25 heavy (non-hydrogen) atoms. The number of alkyl halides is 2. The first-order valence-corrected chi connectivity index (χ1v) is 8.81. The highest BCUT2D eigenvalue weighted by Gasteiger charge is 2.47. The maximum absolute atomic E-state index is 13.0. The van der Waals surface area contributed by atoms with Gasteiger partial charge in [-0.1, -0.05) is 18.2 Å². The van der Waals surface area contributed by atoms with E-state index in [-0.39, 0.29) is 24.7 Å². The van der Waals surface area contributed by atoms with Gasteiger partial charge >= 0.3 is 6.01 Å². The summed E-state index contributed by atoms with van der Waals surface area (Å²) in [7, 11) is 0.0275. The molecular weight excluding hydrogens is 352 g/mol. The molecule has 9 heteroatoms. The number of methoxy groups -OCH3 is 1. The van der Waals surface area contributed by atoms with Gasteiger partial charge in [0, 0.05) is 18.9 Å². The van der Waals surface area contributed by atoms with Gasteiger partial charge in [-0.05, 0) is 11.6 Å². The zero-order valence-electron chi connectivity index (χ0n) is 13.3. The standard InChI is InChI=1S/C16H15F2N3O3S/c1-23-14-6-13(19-15(20-14)24-11-7-16(17,18)8-11)21-9-10-4-2-3-5-12(10)25(21)22/h2-6,11H,7-9H2,1H3. The van der Waals surface area contributed by atoms with Crippen LogP contribution in [-0.4, -0.2) is 33.3 Å². The summed E-state index contributed by atoms with van der Waals surface area (Å²) in [6.45, 7) is 0.421. The Labute approximate surface area is 145 Å². The third-order valence-electron chi connectivity index (χ3n) is 4.13. The van der Waals surface area contributed by atoms with Gasteiger partial charge in [0.15, 0.2) is 16.8 Å². The van der Waals surface area contributed by atoms with Crippen LogP contribution in [0, 0.1) is 0 Å². The van der Waals surface area contributed by atoms with Gasteiger partial charge in [-0.25, -0.2) is 13.0 Å². The van der Waals surface area contributed by atoms with E-state index < -0.39 is 23.0 Å². The number of halogens is 2. The fourth-order valence-corrected chi connectivity index (χ4v) is 4.13. The van der Waals surface area contributed by atoms with E-state index in [2.05, 4.69) is 9.97 Å². The molecule has 132 valence electrons. The number of aromatic nitrogens is 2. The lowest BCUT2D eigenvalue weighted by atomic mass is 9.91. The first kappa shape index (κ1) is 16.2. The van der Waals surface area contributed by atoms with Crippen LogP contribution in [0.3, 0.4) is 0 Å². The molecule has 1 fully saturated rings. The molecule has 0 radical (unpaired) electrons. The lowest BCUT2D eigenvalue weighted by molar-refractivity contribution is -0.136. The normalized spacial score (nSPS) is 21.6. The molecule has 1 saturated carbocycles.